The number of amides is 1. The molecule has 196 valence electrons. The molecule has 1 fully saturated rings. The highest BCUT2D eigenvalue weighted by atomic mass is 32.2. The highest BCUT2D eigenvalue weighted by Crippen LogP contribution is 2.47. The van der Waals surface area contributed by atoms with Gasteiger partial charge in [-0.3, -0.25) is 0 Å². The van der Waals surface area contributed by atoms with E-state index >= 15 is 0 Å². The van der Waals surface area contributed by atoms with Gasteiger partial charge in [-0.1, -0.05) is 19.8 Å². The van der Waals surface area contributed by atoms with Crippen molar-refractivity contribution in [2.75, 3.05) is 25.2 Å². The molecule has 9 nitrogen and oxygen atoms in total. The van der Waals surface area contributed by atoms with Crippen LogP contribution < -0.4 is 10.6 Å². The predicted molar refractivity (Wildman–Crippen MR) is 137 cm³/mol. The maximum Gasteiger partial charge on any atom is 0.407 e. The zero-order valence-electron chi connectivity index (χ0n) is 22.4. The molecule has 0 bridgehead atoms. The molecule has 1 aromatic heterocycles. The van der Waals surface area contributed by atoms with E-state index in [1.54, 1.807) is 11.8 Å². The number of carbonyl (C=O) groups is 1. The minimum absolute atomic E-state index is 0.115. The first-order chi connectivity index (χ1) is 15.9. The van der Waals surface area contributed by atoms with Crippen molar-refractivity contribution < 1.29 is 14.3 Å². The second-order valence-electron chi connectivity index (χ2n) is 11.3. The van der Waals surface area contributed by atoms with Crippen molar-refractivity contribution in [2.45, 2.75) is 110 Å². The molecular weight excluding hydrogens is 452 g/mol. The van der Waals surface area contributed by atoms with E-state index in [0.717, 1.165) is 50.2 Å². The van der Waals surface area contributed by atoms with Gasteiger partial charge >= 0.3 is 6.09 Å². The third-order valence-electron chi connectivity index (χ3n) is 6.13. The van der Waals surface area contributed by atoms with Crippen LogP contribution in [0.25, 0.3) is 0 Å². The van der Waals surface area contributed by atoms with Crippen LogP contribution in [0.4, 0.5) is 4.79 Å². The quantitative estimate of drug-likeness (QED) is 0.438. The van der Waals surface area contributed by atoms with E-state index in [1.165, 1.54) is 0 Å². The van der Waals surface area contributed by atoms with Gasteiger partial charge in [0.25, 0.3) is 0 Å². The molecule has 1 aliphatic rings. The van der Waals surface area contributed by atoms with Crippen LogP contribution in [0, 0.1) is 5.41 Å². The Kier molecular flexibility index (Phi) is 10.6. The van der Waals surface area contributed by atoms with Gasteiger partial charge in [0, 0.05) is 23.8 Å². The van der Waals surface area contributed by atoms with Crippen molar-refractivity contribution in [3.63, 3.8) is 0 Å². The maximum absolute atomic E-state index is 12.5. The Hall–Kier alpha value is -1.39. The molecule has 1 amide bonds. The normalized spacial score (nSPS) is 18.0. The minimum atomic E-state index is -0.538. The number of hydrogen-bond acceptors (Lipinski definition) is 8. The van der Waals surface area contributed by atoms with Gasteiger partial charge in [0.1, 0.15) is 5.60 Å². The number of ether oxygens (including phenoxy) is 2. The summed E-state index contributed by atoms with van der Waals surface area (Å²) in [6.45, 7) is 15.9. The molecule has 34 heavy (non-hydrogen) atoms. The number of aryl methyl sites for hydroxylation is 1. The summed E-state index contributed by atoms with van der Waals surface area (Å²) >= 11 is 1.77. The first-order valence-corrected chi connectivity index (χ1v) is 13.9. The summed E-state index contributed by atoms with van der Waals surface area (Å²) in [7, 11) is 0. The summed E-state index contributed by atoms with van der Waals surface area (Å²) in [5.74, 6) is 1.76. The van der Waals surface area contributed by atoms with Crippen molar-refractivity contribution in [2.24, 2.45) is 5.41 Å². The highest BCUT2D eigenvalue weighted by Gasteiger charge is 2.45. The van der Waals surface area contributed by atoms with E-state index in [1.807, 2.05) is 25.5 Å². The van der Waals surface area contributed by atoms with Crippen molar-refractivity contribution in [1.82, 2.24) is 30.8 Å². The van der Waals surface area contributed by atoms with E-state index in [0.29, 0.717) is 13.2 Å². The van der Waals surface area contributed by atoms with Gasteiger partial charge in [0.15, 0.2) is 5.82 Å². The monoisotopic (exact) mass is 498 g/mol. The lowest BCUT2D eigenvalue weighted by atomic mass is 9.77. The molecule has 1 unspecified atom stereocenters. The van der Waals surface area contributed by atoms with Gasteiger partial charge in [-0.15, -0.1) is 5.10 Å². The number of alkyl carbamates (subject to hydrolysis) is 1. The van der Waals surface area contributed by atoms with Crippen molar-refractivity contribution in [3.8, 4) is 0 Å². The molecule has 0 radical (unpaired) electrons. The van der Waals surface area contributed by atoms with Crippen LogP contribution in [-0.2, 0) is 16.0 Å². The molecule has 10 heteroatoms. The van der Waals surface area contributed by atoms with Gasteiger partial charge in [0.2, 0.25) is 0 Å². The number of tetrazole rings is 1. The molecule has 2 rings (SSSR count). The molecule has 2 atom stereocenters. The van der Waals surface area contributed by atoms with Crippen LogP contribution in [0.3, 0.4) is 0 Å². The number of nitrogens with zero attached hydrogens (tertiary/aromatic N) is 4. The summed E-state index contributed by atoms with van der Waals surface area (Å²) in [6, 6.07) is 0.0178. The van der Waals surface area contributed by atoms with Crippen molar-refractivity contribution >= 4 is 17.9 Å². The van der Waals surface area contributed by atoms with Crippen molar-refractivity contribution in [1.29, 1.82) is 0 Å². The Morgan fingerprint density at radius 2 is 1.85 bits per heavy atom. The van der Waals surface area contributed by atoms with Crippen LogP contribution in [-0.4, -0.2) is 68.7 Å². The van der Waals surface area contributed by atoms with Crippen LogP contribution >= 0.6 is 11.8 Å². The summed E-state index contributed by atoms with van der Waals surface area (Å²) in [5, 5.41) is 19.7. The Morgan fingerprint density at radius 3 is 2.41 bits per heavy atom. The molecule has 1 aliphatic carbocycles. The zero-order chi connectivity index (χ0) is 25.4. The van der Waals surface area contributed by atoms with E-state index < -0.39 is 5.60 Å². The fourth-order valence-corrected chi connectivity index (χ4v) is 4.72. The number of nitrogens with one attached hydrogen (secondary N) is 2. The second-order valence-corrected chi connectivity index (χ2v) is 12.3. The molecule has 0 aromatic carbocycles. The number of aromatic nitrogens is 4. The van der Waals surface area contributed by atoms with Gasteiger partial charge < -0.3 is 20.1 Å². The second kappa shape index (κ2) is 12.5. The number of rotatable bonds is 12. The van der Waals surface area contributed by atoms with E-state index in [-0.39, 0.29) is 29.2 Å². The van der Waals surface area contributed by atoms with Crippen LogP contribution in [0.2, 0.25) is 0 Å². The summed E-state index contributed by atoms with van der Waals surface area (Å²) in [6.07, 6.45) is 6.78. The molecule has 1 heterocycles. The van der Waals surface area contributed by atoms with E-state index in [4.69, 9.17) is 9.47 Å². The Balaban J connectivity index is 2.33. The Labute approximate surface area is 209 Å². The molecule has 0 aliphatic heterocycles. The first-order valence-electron chi connectivity index (χ1n) is 12.5. The van der Waals surface area contributed by atoms with Crippen LogP contribution in [0.5, 0.6) is 0 Å². The standard InChI is InChI=1S/C24H46N6O3S/c1-9-18(16-32-22(2,3)4)26-19(20-27-28-29-30(20)14-15-34-8)24(12-10-11-13-24)17-25-21(31)33-23(5,6)7/h18-19,26H,9-17H2,1-8H3,(H,25,31)/t18-,19?/m1/s1. The number of hydrogen-bond donors (Lipinski definition) is 2. The van der Waals surface area contributed by atoms with Gasteiger partial charge in [0.05, 0.1) is 24.8 Å². The fraction of sp³-hybridized carbons (Fsp3) is 0.917. The average molecular weight is 499 g/mol. The maximum atomic E-state index is 12.5. The molecule has 1 saturated carbocycles. The molecule has 2 N–H and O–H groups in total. The van der Waals surface area contributed by atoms with Gasteiger partial charge in [-0.2, -0.15) is 11.8 Å². The third kappa shape index (κ3) is 9.00. The van der Waals surface area contributed by atoms with Crippen LogP contribution in [0.15, 0.2) is 0 Å². The molecule has 1 aromatic rings. The average Bonchev–Trinajstić information content (AvgIpc) is 3.39. The molecule has 0 spiro atoms. The Morgan fingerprint density at radius 1 is 1.18 bits per heavy atom. The topological polar surface area (TPSA) is 103 Å². The van der Waals surface area contributed by atoms with Gasteiger partial charge in [-0.25, -0.2) is 9.48 Å². The predicted octanol–water partition coefficient (Wildman–Crippen LogP) is 4.35. The first kappa shape index (κ1) is 28.8. The fourth-order valence-electron chi connectivity index (χ4n) is 4.36. The van der Waals surface area contributed by atoms with E-state index in [9.17, 15) is 4.79 Å². The van der Waals surface area contributed by atoms with E-state index in [2.05, 4.69) is 60.1 Å². The largest absolute Gasteiger partial charge is 0.444 e. The third-order valence-corrected chi connectivity index (χ3v) is 6.72. The minimum Gasteiger partial charge on any atom is -0.444 e. The number of thioether (sulfide) groups is 1. The smallest absolute Gasteiger partial charge is 0.407 e. The molecular formula is C24H46N6O3S. The number of carbonyl (C=O) groups excluding carboxylic acids is 1. The lowest BCUT2D eigenvalue weighted by molar-refractivity contribution is -0.0199. The lowest BCUT2D eigenvalue weighted by Crippen LogP contribution is -2.50. The van der Waals surface area contributed by atoms with Crippen molar-refractivity contribution in [3.05, 3.63) is 5.82 Å². The summed E-state index contributed by atoms with van der Waals surface area (Å²) < 4.78 is 13.6. The van der Waals surface area contributed by atoms with Crippen LogP contribution in [0.1, 0.15) is 92.4 Å². The Bertz CT molecular complexity index is 753. The summed E-state index contributed by atoms with van der Waals surface area (Å²) in [4.78, 5) is 12.5. The zero-order valence-corrected chi connectivity index (χ0v) is 23.3. The van der Waals surface area contributed by atoms with Gasteiger partial charge in [-0.05, 0) is 77.5 Å². The lowest BCUT2D eigenvalue weighted by Gasteiger charge is -2.40. The molecule has 0 saturated heterocycles. The summed E-state index contributed by atoms with van der Waals surface area (Å²) in [5.41, 5.74) is -0.962. The highest BCUT2D eigenvalue weighted by molar-refractivity contribution is 7.98. The SMILES string of the molecule is CC[C@H](COC(C)(C)C)NC(c1nnnn1CCSC)C1(CNC(=O)OC(C)(C)C)CCCC1.